The molecule has 0 saturated carbocycles. The molecule has 2 aliphatic heterocycles. The van der Waals surface area contributed by atoms with Gasteiger partial charge in [-0.2, -0.15) is 0 Å². The number of carbonyl (C=O) groups is 1. The van der Waals surface area contributed by atoms with Crippen LogP contribution in [0.15, 0.2) is 54.6 Å². The molecule has 4 aromatic rings. The number of imidazole rings is 1. The number of ether oxygens (including phenoxy) is 1. The number of benzene rings is 3. The molecular weight excluding hydrogens is 571 g/mol. The lowest BCUT2D eigenvalue weighted by Gasteiger charge is -2.31. The minimum Gasteiger partial charge on any atom is -0.489 e. The smallest absolute Gasteiger partial charge is 0.335 e. The quantitative estimate of drug-likeness (QED) is 0.274. The van der Waals surface area contributed by atoms with E-state index < -0.39 is 28.8 Å². The van der Waals surface area contributed by atoms with Gasteiger partial charge >= 0.3 is 5.97 Å². The maximum Gasteiger partial charge on any atom is 0.335 e. The van der Waals surface area contributed by atoms with E-state index in [1.54, 1.807) is 18.2 Å². The van der Waals surface area contributed by atoms with Crippen LogP contribution in [0.25, 0.3) is 22.4 Å². The molecule has 0 spiro atoms. The fourth-order valence-corrected chi connectivity index (χ4v) is 7.00. The normalized spacial score (nSPS) is 17.6. The Bertz CT molecular complexity index is 1680. The second kappa shape index (κ2) is 12.3. The van der Waals surface area contributed by atoms with Crippen LogP contribution < -0.4 is 14.5 Å². The number of hydrogen-bond acceptors (Lipinski definition) is 7. The molecule has 1 aromatic heterocycles. The fourth-order valence-electron chi connectivity index (χ4n) is 5.95. The van der Waals surface area contributed by atoms with Gasteiger partial charge in [-0.25, -0.2) is 14.2 Å². The number of aliphatic hydroxyl groups is 1. The maximum absolute atomic E-state index is 15.6. The lowest BCUT2D eigenvalue weighted by molar-refractivity contribution is 0.0697. The summed E-state index contributed by atoms with van der Waals surface area (Å²) in [4.78, 5) is 20.3. The van der Waals surface area contributed by atoms with Crippen LogP contribution >= 0.6 is 0 Å². The van der Waals surface area contributed by atoms with Crippen LogP contribution in [0.3, 0.4) is 0 Å². The average molecular weight is 607 g/mol. The number of aryl methyl sites for hydroxylation is 1. The Morgan fingerprint density at radius 3 is 2.60 bits per heavy atom. The number of anilines is 2. The Morgan fingerprint density at radius 2 is 1.91 bits per heavy atom. The summed E-state index contributed by atoms with van der Waals surface area (Å²) in [5.41, 5.74) is 4.49. The van der Waals surface area contributed by atoms with E-state index in [-0.39, 0.29) is 12.2 Å². The highest BCUT2D eigenvalue weighted by Crippen LogP contribution is 2.33. The van der Waals surface area contributed by atoms with Crippen molar-refractivity contribution in [3.05, 3.63) is 71.5 Å². The first-order valence-electron chi connectivity index (χ1n) is 14.7. The number of halogens is 1. The predicted octanol–water partition coefficient (Wildman–Crippen LogP) is 5.02. The predicted molar refractivity (Wildman–Crippen MR) is 166 cm³/mol. The molecule has 1 atom stereocenters. The summed E-state index contributed by atoms with van der Waals surface area (Å²) in [5, 5.41) is 19.8. The van der Waals surface area contributed by atoms with E-state index >= 15 is 4.39 Å². The van der Waals surface area contributed by atoms with Crippen LogP contribution in [-0.2, 0) is 24.0 Å². The molecule has 3 heterocycles. The Labute approximate surface area is 252 Å². The molecule has 3 aromatic carbocycles. The van der Waals surface area contributed by atoms with Gasteiger partial charge in [-0.1, -0.05) is 6.92 Å². The van der Waals surface area contributed by atoms with Gasteiger partial charge in [0.1, 0.15) is 30.2 Å². The molecule has 1 unspecified atom stereocenters. The maximum atomic E-state index is 15.6. The molecule has 2 aliphatic rings. The first-order chi connectivity index (χ1) is 20.8. The molecule has 11 heteroatoms. The van der Waals surface area contributed by atoms with Crippen molar-refractivity contribution in [3.63, 3.8) is 0 Å². The average Bonchev–Trinajstić information content (AvgIpc) is 3.59. The van der Waals surface area contributed by atoms with E-state index in [9.17, 15) is 19.2 Å². The number of rotatable bonds is 9. The van der Waals surface area contributed by atoms with Gasteiger partial charge in [-0.3, -0.25) is 4.21 Å². The molecule has 226 valence electrons. The monoisotopic (exact) mass is 606 g/mol. The van der Waals surface area contributed by atoms with Crippen molar-refractivity contribution in [2.24, 2.45) is 0 Å². The lowest BCUT2D eigenvalue weighted by Crippen LogP contribution is -2.38. The van der Waals surface area contributed by atoms with E-state index in [0.29, 0.717) is 53.8 Å². The molecule has 6 rings (SSSR count). The van der Waals surface area contributed by atoms with Gasteiger partial charge in [0.15, 0.2) is 0 Å². The number of carboxylic acid groups (broad SMARTS) is 1. The van der Waals surface area contributed by atoms with Crippen molar-refractivity contribution in [2.75, 3.05) is 40.9 Å². The van der Waals surface area contributed by atoms with E-state index in [2.05, 4.69) is 9.88 Å². The minimum absolute atomic E-state index is 0.130. The molecule has 2 fully saturated rings. The third-order valence-electron chi connectivity index (χ3n) is 8.15. The zero-order chi connectivity index (χ0) is 30.1. The van der Waals surface area contributed by atoms with Crippen molar-refractivity contribution in [2.45, 2.75) is 45.6 Å². The van der Waals surface area contributed by atoms with Gasteiger partial charge in [0, 0.05) is 71.5 Å². The van der Waals surface area contributed by atoms with Crippen LogP contribution in [0.1, 0.15) is 42.1 Å². The van der Waals surface area contributed by atoms with E-state index in [0.717, 1.165) is 48.3 Å². The second-order valence-electron chi connectivity index (χ2n) is 11.0. The van der Waals surface area contributed by atoms with Crippen molar-refractivity contribution < 1.29 is 28.3 Å². The van der Waals surface area contributed by atoms with Gasteiger partial charge in [-0.15, -0.1) is 0 Å². The number of aromatic carboxylic acids is 1. The summed E-state index contributed by atoms with van der Waals surface area (Å²) < 4.78 is 35.7. The summed E-state index contributed by atoms with van der Waals surface area (Å²) in [6.45, 7) is 4.95. The molecule has 2 N–H and O–H groups in total. The van der Waals surface area contributed by atoms with E-state index in [1.807, 2.05) is 34.6 Å². The molecular formula is C32H35FN4O5S. The van der Waals surface area contributed by atoms with E-state index in [1.165, 1.54) is 18.2 Å². The van der Waals surface area contributed by atoms with Crippen molar-refractivity contribution in [1.29, 1.82) is 0 Å². The van der Waals surface area contributed by atoms with Gasteiger partial charge in [-0.05, 0) is 67.8 Å². The summed E-state index contributed by atoms with van der Waals surface area (Å²) in [6, 6.07) is 15.5. The molecule has 2 saturated heterocycles. The zero-order valence-corrected chi connectivity index (χ0v) is 24.9. The van der Waals surface area contributed by atoms with E-state index in [4.69, 9.17) is 4.74 Å². The third kappa shape index (κ3) is 5.96. The standard InChI is InChI=1S/C32H35FN4O5S/c1-2-11-37-29-9-5-21(32(39)40)18-27(29)34-31(37)25-8-7-24(19-26(25)33)42-20-22-17-23(36-12-3-4-30(36)38)6-10-28(22)35-13-15-43(41)16-14-35/h5-10,17-19,30,38H,2-4,11-16,20H2,1H3,(H,39,40). The summed E-state index contributed by atoms with van der Waals surface area (Å²) in [6.07, 6.45) is 1.92. The summed E-state index contributed by atoms with van der Waals surface area (Å²) >= 11 is 0. The lowest BCUT2D eigenvalue weighted by atomic mass is 10.1. The second-order valence-corrected chi connectivity index (χ2v) is 12.7. The highest BCUT2D eigenvalue weighted by atomic mass is 32.2. The Balaban J connectivity index is 1.28. The number of hydrogen-bond donors (Lipinski definition) is 2. The zero-order valence-electron chi connectivity index (χ0n) is 24.0. The largest absolute Gasteiger partial charge is 0.489 e. The minimum atomic E-state index is -1.04. The molecule has 43 heavy (non-hydrogen) atoms. The highest BCUT2D eigenvalue weighted by molar-refractivity contribution is 7.85. The number of aliphatic hydroxyl groups excluding tert-OH is 1. The van der Waals surface area contributed by atoms with Crippen LogP contribution in [0.2, 0.25) is 0 Å². The van der Waals surface area contributed by atoms with Crippen molar-refractivity contribution in [3.8, 4) is 17.1 Å². The number of aromatic nitrogens is 2. The van der Waals surface area contributed by atoms with Gasteiger partial charge in [0.05, 0.1) is 22.2 Å². The Kier molecular flexibility index (Phi) is 8.36. The van der Waals surface area contributed by atoms with Crippen LogP contribution in [0.4, 0.5) is 15.8 Å². The Morgan fingerprint density at radius 1 is 1.09 bits per heavy atom. The van der Waals surface area contributed by atoms with Crippen LogP contribution in [-0.4, -0.2) is 67.3 Å². The van der Waals surface area contributed by atoms with Crippen LogP contribution in [0, 0.1) is 5.82 Å². The Hall–Kier alpha value is -3.96. The van der Waals surface area contributed by atoms with Crippen molar-refractivity contribution in [1.82, 2.24) is 9.55 Å². The number of nitrogens with zero attached hydrogens (tertiary/aromatic N) is 4. The summed E-state index contributed by atoms with van der Waals surface area (Å²) in [7, 11) is -0.808. The number of carboxylic acids is 1. The molecule has 0 bridgehead atoms. The SMILES string of the molecule is CCCn1c(-c2ccc(OCc3cc(N4CCCC4O)ccc3N3CCS(=O)CC3)cc2F)nc2cc(C(=O)O)ccc21. The summed E-state index contributed by atoms with van der Waals surface area (Å²) in [5.74, 6) is 0.493. The first kappa shape index (κ1) is 29.1. The molecule has 9 nitrogen and oxygen atoms in total. The highest BCUT2D eigenvalue weighted by Gasteiger charge is 2.25. The van der Waals surface area contributed by atoms with Crippen molar-refractivity contribution >= 4 is 39.2 Å². The molecule has 0 aliphatic carbocycles. The van der Waals surface area contributed by atoms with Gasteiger partial charge in [0.2, 0.25) is 0 Å². The van der Waals surface area contributed by atoms with Crippen LogP contribution in [0.5, 0.6) is 5.75 Å². The van der Waals surface area contributed by atoms with Gasteiger partial charge < -0.3 is 29.3 Å². The topological polar surface area (TPSA) is 108 Å². The third-order valence-corrected chi connectivity index (χ3v) is 9.43. The first-order valence-corrected chi connectivity index (χ1v) is 16.1. The molecule has 0 radical (unpaired) electrons. The number of fused-ring (bicyclic) bond motifs is 1. The fraction of sp³-hybridized carbons (Fsp3) is 0.375. The van der Waals surface area contributed by atoms with Gasteiger partial charge in [0.25, 0.3) is 0 Å². The molecule has 0 amide bonds.